The van der Waals surface area contributed by atoms with E-state index in [0.29, 0.717) is 12.1 Å². The minimum atomic E-state index is -0.453. The summed E-state index contributed by atoms with van der Waals surface area (Å²) in [5.41, 5.74) is -0.453. The zero-order chi connectivity index (χ0) is 15.6. The van der Waals surface area contributed by atoms with E-state index in [2.05, 4.69) is 44.0 Å². The summed E-state index contributed by atoms with van der Waals surface area (Å²) >= 11 is 0. The second-order valence-electron chi connectivity index (χ2n) is 5.99. The van der Waals surface area contributed by atoms with E-state index in [-0.39, 0.29) is 0 Å². The second kappa shape index (κ2) is 10.1. The van der Waals surface area contributed by atoms with Gasteiger partial charge in [0.15, 0.2) is 0 Å². The van der Waals surface area contributed by atoms with Crippen LogP contribution in [0.4, 0.5) is 0 Å². The minimum Gasteiger partial charge on any atom is -0.383 e. The normalized spacial score (nSPS) is 14.8. The lowest BCUT2D eigenvalue weighted by atomic mass is 9.97. The Labute approximate surface area is 125 Å². The average Bonchev–Trinajstić information content (AvgIpc) is 2.41. The van der Waals surface area contributed by atoms with Gasteiger partial charge in [-0.05, 0) is 40.0 Å². The smallest absolute Gasteiger partial charge is 0.105 e. The molecular weight excluding hydrogens is 250 g/mol. The lowest BCUT2D eigenvalue weighted by Gasteiger charge is -2.34. The summed E-state index contributed by atoms with van der Waals surface area (Å²) in [7, 11) is 1.74. The van der Waals surface area contributed by atoms with Crippen molar-refractivity contribution in [2.75, 3.05) is 26.8 Å². The monoisotopic (exact) mass is 283 g/mol. The van der Waals surface area contributed by atoms with Gasteiger partial charge in [0.1, 0.15) is 5.54 Å². The molecule has 0 fully saturated rings. The average molecular weight is 283 g/mol. The van der Waals surface area contributed by atoms with Crippen LogP contribution in [0.1, 0.15) is 53.9 Å². The first-order valence-electron chi connectivity index (χ1n) is 7.84. The van der Waals surface area contributed by atoms with E-state index in [0.717, 1.165) is 39.0 Å². The first-order valence-corrected chi connectivity index (χ1v) is 7.84. The van der Waals surface area contributed by atoms with Crippen molar-refractivity contribution in [1.82, 2.24) is 10.2 Å². The molecule has 4 heteroatoms. The number of nitrogens with one attached hydrogen (secondary N) is 1. The number of methoxy groups -OCH3 is 1. The molecule has 0 aromatic rings. The molecule has 118 valence electrons. The van der Waals surface area contributed by atoms with E-state index in [1.807, 2.05) is 6.92 Å². The third kappa shape index (κ3) is 7.23. The predicted molar refractivity (Wildman–Crippen MR) is 84.7 cm³/mol. The van der Waals surface area contributed by atoms with Gasteiger partial charge < -0.3 is 4.74 Å². The molecule has 0 aromatic carbocycles. The molecule has 0 saturated carbocycles. The van der Waals surface area contributed by atoms with Gasteiger partial charge >= 0.3 is 0 Å². The molecule has 0 rings (SSSR count). The highest BCUT2D eigenvalue weighted by Crippen LogP contribution is 2.15. The van der Waals surface area contributed by atoms with Crippen molar-refractivity contribution >= 4 is 0 Å². The first kappa shape index (κ1) is 19.4. The minimum absolute atomic E-state index is 0.320. The van der Waals surface area contributed by atoms with Gasteiger partial charge in [-0.2, -0.15) is 5.26 Å². The second-order valence-corrected chi connectivity index (χ2v) is 5.99. The van der Waals surface area contributed by atoms with Crippen LogP contribution in [-0.4, -0.2) is 49.3 Å². The molecule has 0 aliphatic rings. The van der Waals surface area contributed by atoms with Crippen molar-refractivity contribution < 1.29 is 4.74 Å². The van der Waals surface area contributed by atoms with E-state index in [1.54, 1.807) is 7.11 Å². The van der Waals surface area contributed by atoms with E-state index >= 15 is 0 Å². The number of ether oxygens (including phenoxy) is 1. The Morgan fingerprint density at radius 3 is 2.25 bits per heavy atom. The predicted octanol–water partition coefficient (Wildman–Crippen LogP) is 2.79. The molecular formula is C16H33N3O. The van der Waals surface area contributed by atoms with Crippen LogP contribution in [0.5, 0.6) is 0 Å². The highest BCUT2D eigenvalue weighted by molar-refractivity contribution is 5.04. The van der Waals surface area contributed by atoms with E-state index in [4.69, 9.17) is 4.74 Å². The molecule has 1 N–H and O–H groups in total. The van der Waals surface area contributed by atoms with Crippen LogP contribution in [0.15, 0.2) is 0 Å². The highest BCUT2D eigenvalue weighted by atomic mass is 16.5. The van der Waals surface area contributed by atoms with Crippen LogP contribution in [0, 0.1) is 11.3 Å². The Bertz CT molecular complexity index is 284. The van der Waals surface area contributed by atoms with Crippen LogP contribution in [0.25, 0.3) is 0 Å². The summed E-state index contributed by atoms with van der Waals surface area (Å²) < 4.78 is 5.21. The van der Waals surface area contributed by atoms with Gasteiger partial charge in [-0.1, -0.05) is 13.8 Å². The van der Waals surface area contributed by atoms with E-state index in [1.165, 1.54) is 0 Å². The molecule has 0 bridgehead atoms. The summed E-state index contributed by atoms with van der Waals surface area (Å²) in [5.74, 6) is 0. The Hall–Kier alpha value is -0.630. The molecule has 0 heterocycles. The zero-order valence-electron chi connectivity index (χ0n) is 14.2. The van der Waals surface area contributed by atoms with Crippen LogP contribution in [0.3, 0.4) is 0 Å². The molecule has 1 atom stereocenters. The van der Waals surface area contributed by atoms with Gasteiger partial charge in [0, 0.05) is 32.3 Å². The number of hydrogen-bond acceptors (Lipinski definition) is 4. The number of nitrogens with zero attached hydrogens (tertiary/aromatic N) is 2. The summed E-state index contributed by atoms with van der Waals surface area (Å²) in [5, 5.41) is 12.8. The summed E-state index contributed by atoms with van der Waals surface area (Å²) in [6, 6.07) is 3.32. The topological polar surface area (TPSA) is 48.3 Å². The fourth-order valence-corrected chi connectivity index (χ4v) is 2.66. The van der Waals surface area contributed by atoms with Gasteiger partial charge in [0.25, 0.3) is 0 Å². The Morgan fingerprint density at radius 1 is 1.25 bits per heavy atom. The van der Waals surface area contributed by atoms with E-state index < -0.39 is 5.54 Å². The molecule has 0 aliphatic carbocycles. The van der Waals surface area contributed by atoms with Gasteiger partial charge in [-0.3, -0.25) is 10.2 Å². The van der Waals surface area contributed by atoms with Crippen LogP contribution in [-0.2, 0) is 4.74 Å². The maximum absolute atomic E-state index is 9.42. The number of hydrogen-bond donors (Lipinski definition) is 1. The third-order valence-corrected chi connectivity index (χ3v) is 3.79. The van der Waals surface area contributed by atoms with Crippen molar-refractivity contribution in [3.8, 4) is 6.07 Å². The summed E-state index contributed by atoms with van der Waals surface area (Å²) in [6.07, 6.45) is 3.12. The van der Waals surface area contributed by atoms with Crippen LogP contribution >= 0.6 is 0 Å². The van der Waals surface area contributed by atoms with Gasteiger partial charge in [0.05, 0.1) is 12.7 Å². The lowest BCUT2D eigenvalue weighted by Crippen LogP contribution is -2.48. The summed E-state index contributed by atoms with van der Waals surface area (Å²) in [4.78, 5) is 2.46. The molecule has 20 heavy (non-hydrogen) atoms. The van der Waals surface area contributed by atoms with Crippen molar-refractivity contribution in [2.45, 2.75) is 71.5 Å². The van der Waals surface area contributed by atoms with Crippen LogP contribution < -0.4 is 5.32 Å². The third-order valence-electron chi connectivity index (χ3n) is 3.79. The molecule has 4 nitrogen and oxygen atoms in total. The maximum atomic E-state index is 9.42. The van der Waals surface area contributed by atoms with Crippen molar-refractivity contribution in [2.24, 2.45) is 0 Å². The molecule has 0 spiro atoms. The van der Waals surface area contributed by atoms with E-state index in [9.17, 15) is 5.26 Å². The molecule has 0 saturated heterocycles. The lowest BCUT2D eigenvalue weighted by molar-refractivity contribution is 0.109. The van der Waals surface area contributed by atoms with Crippen molar-refractivity contribution in [3.05, 3.63) is 0 Å². The molecule has 0 amide bonds. The standard InChI is InChI=1S/C16H33N3O/c1-7-15(8-2)19(11-12-20-6)10-9-16(5,13-17)18-14(3)4/h14-15,18H,7-12H2,1-6H3. The molecule has 0 aromatic heterocycles. The maximum Gasteiger partial charge on any atom is 0.105 e. The molecule has 1 unspecified atom stereocenters. The fourth-order valence-electron chi connectivity index (χ4n) is 2.66. The fraction of sp³-hybridized carbons (Fsp3) is 0.938. The van der Waals surface area contributed by atoms with Gasteiger partial charge in [-0.15, -0.1) is 0 Å². The Balaban J connectivity index is 4.60. The largest absolute Gasteiger partial charge is 0.383 e. The van der Waals surface area contributed by atoms with Gasteiger partial charge in [0.2, 0.25) is 0 Å². The van der Waals surface area contributed by atoms with Crippen molar-refractivity contribution in [3.63, 3.8) is 0 Å². The quantitative estimate of drug-likeness (QED) is 0.633. The Morgan fingerprint density at radius 2 is 1.85 bits per heavy atom. The van der Waals surface area contributed by atoms with Crippen molar-refractivity contribution in [1.29, 1.82) is 5.26 Å². The zero-order valence-corrected chi connectivity index (χ0v) is 14.2. The first-order chi connectivity index (χ1) is 9.42. The van der Waals surface area contributed by atoms with Gasteiger partial charge in [-0.25, -0.2) is 0 Å². The summed E-state index contributed by atoms with van der Waals surface area (Å²) in [6.45, 7) is 13.2. The SMILES string of the molecule is CCC(CC)N(CCOC)CCC(C)(C#N)NC(C)C. The number of nitriles is 1. The van der Waals surface area contributed by atoms with Crippen LogP contribution in [0.2, 0.25) is 0 Å². The highest BCUT2D eigenvalue weighted by Gasteiger charge is 2.26. The Kier molecular flexibility index (Phi) is 9.83. The number of rotatable bonds is 11. The molecule has 0 aliphatic heterocycles. The molecule has 0 radical (unpaired) electrons.